The van der Waals surface area contributed by atoms with E-state index in [-0.39, 0.29) is 5.41 Å². The van der Waals surface area contributed by atoms with Crippen LogP contribution in [-0.2, 0) is 5.41 Å². The van der Waals surface area contributed by atoms with Crippen molar-refractivity contribution in [2.45, 2.75) is 17.8 Å². The van der Waals surface area contributed by atoms with Gasteiger partial charge in [0, 0.05) is 35.0 Å². The summed E-state index contributed by atoms with van der Waals surface area (Å²) >= 11 is 6.45. The summed E-state index contributed by atoms with van der Waals surface area (Å²) in [6.45, 7) is 2.77. The van der Waals surface area contributed by atoms with Crippen LogP contribution in [0.5, 0.6) is 5.75 Å². The lowest BCUT2D eigenvalue weighted by Gasteiger charge is -2.45. The van der Waals surface area contributed by atoms with Gasteiger partial charge in [0.1, 0.15) is 5.75 Å². The number of halogens is 1. The van der Waals surface area contributed by atoms with Crippen LogP contribution >= 0.6 is 11.6 Å². The molecule has 2 heterocycles. The maximum absolute atomic E-state index is 6.45. The second-order valence-corrected chi connectivity index (χ2v) is 6.52. The monoisotopic (exact) mass is 299 g/mol. The number of rotatable bonds is 3. The lowest BCUT2D eigenvalue weighted by atomic mass is 9.68. The lowest BCUT2D eigenvalue weighted by molar-refractivity contribution is 0.221. The second kappa shape index (κ2) is 5.04. The first-order chi connectivity index (χ1) is 10.3. The molecule has 2 aliphatic heterocycles. The first kappa shape index (κ1) is 13.2. The smallest absolute Gasteiger partial charge is 0.122 e. The first-order valence-electron chi connectivity index (χ1n) is 7.46. The molecule has 2 aromatic carbocycles. The van der Waals surface area contributed by atoms with E-state index >= 15 is 0 Å². The van der Waals surface area contributed by atoms with Crippen LogP contribution in [0.2, 0.25) is 5.02 Å². The van der Waals surface area contributed by atoms with E-state index in [0.29, 0.717) is 5.92 Å². The fraction of sp³-hybridized carbons (Fsp3) is 0.333. The molecule has 0 spiro atoms. The molecule has 1 atom stereocenters. The van der Waals surface area contributed by atoms with Crippen molar-refractivity contribution in [1.29, 1.82) is 0 Å². The van der Waals surface area contributed by atoms with E-state index in [1.165, 1.54) is 11.1 Å². The second-order valence-electron chi connectivity index (χ2n) is 6.11. The van der Waals surface area contributed by atoms with Crippen LogP contribution in [0.4, 0.5) is 0 Å². The summed E-state index contributed by atoms with van der Waals surface area (Å²) in [5.41, 5.74) is 2.76. The van der Waals surface area contributed by atoms with Gasteiger partial charge in [-0.2, -0.15) is 0 Å². The zero-order valence-corrected chi connectivity index (χ0v) is 12.6. The van der Waals surface area contributed by atoms with Gasteiger partial charge in [-0.25, -0.2) is 0 Å². The van der Waals surface area contributed by atoms with Crippen molar-refractivity contribution in [2.75, 3.05) is 19.7 Å². The highest BCUT2D eigenvalue weighted by atomic mass is 35.5. The van der Waals surface area contributed by atoms with Gasteiger partial charge >= 0.3 is 0 Å². The Morgan fingerprint density at radius 3 is 2.62 bits per heavy atom. The average Bonchev–Trinajstić information content (AvgIpc) is 2.87. The lowest BCUT2D eigenvalue weighted by Crippen LogP contribution is -2.57. The third kappa shape index (κ3) is 2.14. The Morgan fingerprint density at radius 2 is 1.86 bits per heavy atom. The predicted octanol–water partition coefficient (Wildman–Crippen LogP) is 3.75. The van der Waals surface area contributed by atoms with Crippen molar-refractivity contribution in [2.24, 2.45) is 0 Å². The molecule has 1 unspecified atom stereocenters. The summed E-state index contributed by atoms with van der Waals surface area (Å²) in [6.07, 6.45) is 1.08. The Bertz CT molecular complexity index is 666. The number of ether oxygens (including phenoxy) is 1. The molecule has 0 amide bonds. The predicted molar refractivity (Wildman–Crippen MR) is 85.3 cm³/mol. The maximum Gasteiger partial charge on any atom is 0.122 e. The standard InChI is InChI=1S/C18H18ClNO/c19-16-7-3-2-6-15(16)18(11-20-12-18)9-13-10-21-17-8-4-1-5-14(13)17/h1-8,13,20H,9-12H2. The molecule has 1 saturated heterocycles. The van der Waals surface area contributed by atoms with Gasteiger partial charge < -0.3 is 10.1 Å². The molecule has 2 nitrogen and oxygen atoms in total. The zero-order valence-electron chi connectivity index (χ0n) is 11.8. The molecule has 0 aromatic heterocycles. The number of para-hydroxylation sites is 1. The fourth-order valence-corrected chi connectivity index (χ4v) is 3.97. The van der Waals surface area contributed by atoms with Gasteiger partial charge in [0.2, 0.25) is 0 Å². The van der Waals surface area contributed by atoms with E-state index in [4.69, 9.17) is 16.3 Å². The van der Waals surface area contributed by atoms with Gasteiger partial charge in [-0.15, -0.1) is 0 Å². The van der Waals surface area contributed by atoms with Crippen LogP contribution in [0, 0.1) is 0 Å². The van der Waals surface area contributed by atoms with Crippen molar-refractivity contribution in [1.82, 2.24) is 5.32 Å². The Hall–Kier alpha value is -1.51. The minimum Gasteiger partial charge on any atom is -0.493 e. The van der Waals surface area contributed by atoms with Crippen molar-refractivity contribution in [3.8, 4) is 5.75 Å². The average molecular weight is 300 g/mol. The van der Waals surface area contributed by atoms with Crippen LogP contribution in [0.25, 0.3) is 0 Å². The van der Waals surface area contributed by atoms with Crippen molar-refractivity contribution >= 4 is 11.6 Å². The topological polar surface area (TPSA) is 21.3 Å². The van der Waals surface area contributed by atoms with Gasteiger partial charge in [-0.05, 0) is 24.1 Å². The Kier molecular flexibility index (Phi) is 3.16. The Labute approximate surface area is 130 Å². The SMILES string of the molecule is Clc1ccccc1C1(CC2COc3ccccc32)CNC1. The number of hydrogen-bond donors (Lipinski definition) is 1. The molecule has 0 radical (unpaired) electrons. The molecule has 0 aliphatic carbocycles. The summed E-state index contributed by atoms with van der Waals surface area (Å²) < 4.78 is 5.84. The molecule has 2 aliphatic rings. The molecule has 108 valence electrons. The summed E-state index contributed by atoms with van der Waals surface area (Å²) in [5.74, 6) is 1.50. The Morgan fingerprint density at radius 1 is 1.10 bits per heavy atom. The molecule has 1 fully saturated rings. The van der Waals surface area contributed by atoms with Crippen LogP contribution in [0.3, 0.4) is 0 Å². The highest BCUT2D eigenvalue weighted by Gasteiger charge is 2.43. The largest absolute Gasteiger partial charge is 0.493 e. The van der Waals surface area contributed by atoms with Crippen molar-refractivity contribution in [3.05, 3.63) is 64.7 Å². The quantitative estimate of drug-likeness (QED) is 0.932. The number of nitrogens with one attached hydrogen (secondary N) is 1. The van der Waals surface area contributed by atoms with E-state index < -0.39 is 0 Å². The van der Waals surface area contributed by atoms with E-state index in [1.807, 2.05) is 18.2 Å². The van der Waals surface area contributed by atoms with Crippen LogP contribution < -0.4 is 10.1 Å². The van der Waals surface area contributed by atoms with Gasteiger partial charge in [0.15, 0.2) is 0 Å². The van der Waals surface area contributed by atoms with Gasteiger partial charge in [-0.3, -0.25) is 0 Å². The normalized spacial score (nSPS) is 22.2. The molecule has 4 rings (SSSR count). The maximum atomic E-state index is 6.45. The molecular formula is C18H18ClNO. The third-order valence-corrected chi connectivity index (χ3v) is 5.14. The zero-order chi connectivity index (χ0) is 14.3. The first-order valence-corrected chi connectivity index (χ1v) is 7.84. The summed E-state index contributed by atoms with van der Waals surface area (Å²) in [6, 6.07) is 16.6. The molecule has 2 aromatic rings. The summed E-state index contributed by atoms with van der Waals surface area (Å²) in [4.78, 5) is 0. The molecule has 0 bridgehead atoms. The molecule has 3 heteroatoms. The minimum absolute atomic E-state index is 0.143. The fourth-order valence-electron chi connectivity index (χ4n) is 3.63. The number of hydrogen-bond acceptors (Lipinski definition) is 2. The van der Waals surface area contributed by atoms with Crippen molar-refractivity contribution in [3.63, 3.8) is 0 Å². The molecule has 21 heavy (non-hydrogen) atoms. The van der Waals surface area contributed by atoms with E-state index in [0.717, 1.165) is 36.9 Å². The summed E-state index contributed by atoms with van der Waals surface area (Å²) in [5, 5.41) is 4.31. The highest BCUT2D eigenvalue weighted by molar-refractivity contribution is 6.31. The highest BCUT2D eigenvalue weighted by Crippen LogP contribution is 2.45. The van der Waals surface area contributed by atoms with E-state index in [2.05, 4.69) is 35.6 Å². The van der Waals surface area contributed by atoms with Gasteiger partial charge in [0.05, 0.1) is 6.61 Å². The van der Waals surface area contributed by atoms with Crippen molar-refractivity contribution < 1.29 is 4.74 Å². The van der Waals surface area contributed by atoms with Gasteiger partial charge in [0.25, 0.3) is 0 Å². The molecular weight excluding hydrogens is 282 g/mol. The van der Waals surface area contributed by atoms with Gasteiger partial charge in [-0.1, -0.05) is 48.0 Å². The Balaban J connectivity index is 1.65. The van der Waals surface area contributed by atoms with Crippen LogP contribution in [0.15, 0.2) is 48.5 Å². The molecule has 1 N–H and O–H groups in total. The van der Waals surface area contributed by atoms with E-state index in [1.54, 1.807) is 0 Å². The third-order valence-electron chi connectivity index (χ3n) is 4.81. The van der Waals surface area contributed by atoms with Crippen LogP contribution in [0.1, 0.15) is 23.5 Å². The number of benzene rings is 2. The van der Waals surface area contributed by atoms with Crippen LogP contribution in [-0.4, -0.2) is 19.7 Å². The molecule has 0 saturated carbocycles. The summed E-state index contributed by atoms with van der Waals surface area (Å²) in [7, 11) is 0. The minimum atomic E-state index is 0.143. The van der Waals surface area contributed by atoms with E-state index in [9.17, 15) is 0 Å². The number of fused-ring (bicyclic) bond motifs is 1.